The Labute approximate surface area is 235 Å². The summed E-state index contributed by atoms with van der Waals surface area (Å²) >= 11 is 0. The van der Waals surface area contributed by atoms with Crippen molar-refractivity contribution in [2.45, 2.75) is 50.2 Å². The quantitative estimate of drug-likeness (QED) is 0.290. The van der Waals surface area contributed by atoms with Crippen molar-refractivity contribution >= 4 is 37.7 Å². The van der Waals surface area contributed by atoms with E-state index in [-0.39, 0.29) is 24.0 Å². The van der Waals surface area contributed by atoms with Gasteiger partial charge in [-0.3, -0.25) is 14.5 Å². The van der Waals surface area contributed by atoms with E-state index < -0.39 is 20.0 Å². The maximum absolute atomic E-state index is 14.4. The SMILES string of the molecule is COc1ccc2c(c1)[C@@]1(O[C@H](CCO)[C@@H]([Si](C)(C)O)[C@@H]1C)C(=O)N2Cc1ccc(N(C=O)c2ccccc2)cc1. The number of aliphatic hydroxyl groups excluding tert-OH is 1. The van der Waals surface area contributed by atoms with Gasteiger partial charge >= 0.3 is 0 Å². The predicted molar refractivity (Wildman–Crippen MR) is 156 cm³/mol. The Balaban J connectivity index is 1.51. The molecule has 3 aromatic carbocycles. The van der Waals surface area contributed by atoms with Crippen molar-refractivity contribution in [2.24, 2.45) is 5.92 Å². The summed E-state index contributed by atoms with van der Waals surface area (Å²) in [7, 11) is -1.18. The first kappa shape index (κ1) is 28.0. The second-order valence-electron chi connectivity index (χ2n) is 11.1. The van der Waals surface area contributed by atoms with E-state index in [2.05, 4.69) is 0 Å². The first-order chi connectivity index (χ1) is 19.1. The van der Waals surface area contributed by atoms with Gasteiger partial charge in [0.25, 0.3) is 5.91 Å². The number of para-hydroxylation sites is 1. The largest absolute Gasteiger partial charge is 0.497 e. The lowest BCUT2D eigenvalue weighted by atomic mass is 9.82. The standard InChI is InChI=1S/C31H36N2O6Si/c1-21-29(40(3,4)37)28(16-17-34)39-31(21)26-18-25(38-2)14-15-27(26)32(30(31)36)19-22-10-12-24(13-11-22)33(20-35)23-8-6-5-7-9-23/h5-15,18,20-21,28-29,34,37H,16-17,19H2,1-4H3/t21-,28+,29-,31+/m0/s1. The van der Waals surface area contributed by atoms with Crippen molar-refractivity contribution in [3.05, 3.63) is 83.9 Å². The summed E-state index contributed by atoms with van der Waals surface area (Å²) in [6, 6.07) is 22.5. The molecule has 4 atom stereocenters. The molecule has 0 radical (unpaired) electrons. The molecular formula is C31H36N2O6Si. The molecule has 2 aliphatic heterocycles. The average Bonchev–Trinajstić information content (AvgIpc) is 3.37. The van der Waals surface area contributed by atoms with Crippen LogP contribution in [0.15, 0.2) is 72.8 Å². The first-order valence-corrected chi connectivity index (χ1v) is 16.6. The van der Waals surface area contributed by atoms with Gasteiger partial charge in [0.15, 0.2) is 13.9 Å². The Kier molecular flexibility index (Phi) is 7.58. The molecule has 210 valence electrons. The minimum atomic E-state index is -2.77. The van der Waals surface area contributed by atoms with Gasteiger partial charge in [0.05, 0.1) is 25.4 Å². The maximum atomic E-state index is 14.4. The van der Waals surface area contributed by atoms with E-state index >= 15 is 0 Å². The molecule has 2 aliphatic rings. The minimum Gasteiger partial charge on any atom is -0.497 e. The number of nitrogens with zero attached hydrogens (tertiary/aromatic N) is 2. The van der Waals surface area contributed by atoms with Gasteiger partial charge in [-0.05, 0) is 67.5 Å². The highest BCUT2D eigenvalue weighted by Gasteiger charge is 2.66. The van der Waals surface area contributed by atoms with Crippen LogP contribution in [0.2, 0.25) is 18.6 Å². The smallest absolute Gasteiger partial charge is 0.264 e. The molecule has 2 amide bonds. The van der Waals surface area contributed by atoms with Crippen LogP contribution in [-0.2, 0) is 26.5 Å². The summed E-state index contributed by atoms with van der Waals surface area (Å²) < 4.78 is 12.2. The summed E-state index contributed by atoms with van der Waals surface area (Å²) in [5.74, 6) is 0.119. The molecule has 0 aromatic heterocycles. The molecule has 40 heavy (non-hydrogen) atoms. The molecule has 0 bridgehead atoms. The van der Waals surface area contributed by atoms with Crippen LogP contribution in [0.25, 0.3) is 0 Å². The lowest BCUT2D eigenvalue weighted by Crippen LogP contribution is -2.46. The highest BCUT2D eigenvalue weighted by molar-refractivity contribution is 6.71. The van der Waals surface area contributed by atoms with Gasteiger partial charge in [-0.15, -0.1) is 0 Å². The molecule has 3 aromatic rings. The highest BCUT2D eigenvalue weighted by atomic mass is 28.4. The number of rotatable bonds is 9. The molecular weight excluding hydrogens is 524 g/mol. The zero-order chi connectivity index (χ0) is 28.7. The molecule has 0 unspecified atom stereocenters. The van der Waals surface area contributed by atoms with Crippen LogP contribution in [0.4, 0.5) is 17.1 Å². The van der Waals surface area contributed by atoms with Gasteiger partial charge in [0, 0.05) is 35.0 Å². The number of carbonyl (C=O) groups excluding carboxylic acids is 2. The molecule has 5 rings (SSSR count). The summed E-state index contributed by atoms with van der Waals surface area (Å²) in [6.45, 7) is 5.92. The molecule has 9 heteroatoms. The molecule has 2 N–H and O–H groups in total. The molecule has 0 saturated carbocycles. The van der Waals surface area contributed by atoms with Crippen molar-refractivity contribution in [3.63, 3.8) is 0 Å². The van der Waals surface area contributed by atoms with Crippen molar-refractivity contribution in [2.75, 3.05) is 23.5 Å². The van der Waals surface area contributed by atoms with Crippen LogP contribution in [0.3, 0.4) is 0 Å². The van der Waals surface area contributed by atoms with E-state index in [4.69, 9.17) is 9.47 Å². The zero-order valence-electron chi connectivity index (χ0n) is 23.3. The first-order valence-electron chi connectivity index (χ1n) is 13.6. The van der Waals surface area contributed by atoms with Gasteiger partial charge in [-0.25, -0.2) is 0 Å². The monoisotopic (exact) mass is 560 g/mol. The van der Waals surface area contributed by atoms with E-state index in [1.54, 1.807) is 16.9 Å². The van der Waals surface area contributed by atoms with Crippen LogP contribution >= 0.6 is 0 Å². The number of methoxy groups -OCH3 is 1. The number of carbonyl (C=O) groups is 2. The average molecular weight is 561 g/mol. The number of aliphatic hydroxyl groups is 1. The lowest BCUT2D eigenvalue weighted by Gasteiger charge is -2.32. The second-order valence-corrected chi connectivity index (χ2v) is 15.1. The third kappa shape index (κ3) is 4.62. The summed E-state index contributed by atoms with van der Waals surface area (Å²) in [6.07, 6.45) is 0.684. The molecule has 1 fully saturated rings. The Morgan fingerprint density at radius 3 is 2.35 bits per heavy atom. The number of fused-ring (bicyclic) bond motifs is 2. The van der Waals surface area contributed by atoms with Crippen LogP contribution in [-0.4, -0.2) is 50.4 Å². The molecule has 1 spiro atoms. The van der Waals surface area contributed by atoms with Crippen molar-refractivity contribution in [1.82, 2.24) is 0 Å². The third-order valence-electron chi connectivity index (χ3n) is 8.30. The predicted octanol–water partition coefficient (Wildman–Crippen LogP) is 4.72. The van der Waals surface area contributed by atoms with E-state index in [0.717, 1.165) is 34.6 Å². The highest BCUT2D eigenvalue weighted by Crippen LogP contribution is 2.60. The summed E-state index contributed by atoms with van der Waals surface area (Å²) in [4.78, 5) is 40.8. The zero-order valence-corrected chi connectivity index (χ0v) is 24.3. The number of ether oxygens (including phenoxy) is 2. The number of anilines is 3. The van der Waals surface area contributed by atoms with E-state index in [0.29, 0.717) is 18.7 Å². The third-order valence-corrected chi connectivity index (χ3v) is 10.8. The minimum absolute atomic E-state index is 0.0928. The summed E-state index contributed by atoms with van der Waals surface area (Å²) in [5, 5.41) is 9.78. The van der Waals surface area contributed by atoms with Crippen LogP contribution in [0.5, 0.6) is 5.75 Å². The Morgan fingerprint density at radius 1 is 1.07 bits per heavy atom. The topological polar surface area (TPSA) is 99.5 Å². The lowest BCUT2D eigenvalue weighted by molar-refractivity contribution is -0.146. The van der Waals surface area contributed by atoms with Crippen molar-refractivity contribution in [1.29, 1.82) is 0 Å². The molecule has 1 saturated heterocycles. The van der Waals surface area contributed by atoms with E-state index in [9.17, 15) is 19.5 Å². The van der Waals surface area contributed by atoms with Crippen LogP contribution in [0.1, 0.15) is 24.5 Å². The fourth-order valence-corrected chi connectivity index (χ4v) is 9.14. The van der Waals surface area contributed by atoms with Gasteiger partial charge in [-0.2, -0.15) is 0 Å². The number of hydrogen-bond donors (Lipinski definition) is 2. The Bertz CT molecular complexity index is 1380. The molecule has 2 heterocycles. The van der Waals surface area contributed by atoms with Gasteiger partial charge in [-0.1, -0.05) is 37.3 Å². The maximum Gasteiger partial charge on any atom is 0.264 e. The van der Waals surface area contributed by atoms with Crippen LogP contribution < -0.4 is 14.5 Å². The van der Waals surface area contributed by atoms with Gasteiger partial charge in [0.1, 0.15) is 5.75 Å². The number of benzene rings is 3. The number of hydrogen-bond acceptors (Lipinski definition) is 6. The summed E-state index contributed by atoms with van der Waals surface area (Å²) in [5.41, 5.74) is 2.30. The van der Waals surface area contributed by atoms with E-state index in [1.165, 1.54) is 0 Å². The van der Waals surface area contributed by atoms with E-state index in [1.807, 2.05) is 92.8 Å². The molecule has 0 aliphatic carbocycles. The van der Waals surface area contributed by atoms with Gasteiger partial charge < -0.3 is 24.3 Å². The van der Waals surface area contributed by atoms with Crippen LogP contribution in [0, 0.1) is 5.92 Å². The van der Waals surface area contributed by atoms with Crippen molar-refractivity contribution in [3.8, 4) is 5.75 Å². The molecule has 8 nitrogen and oxygen atoms in total. The fraction of sp³-hybridized carbons (Fsp3) is 0.355. The Morgan fingerprint density at radius 2 is 1.75 bits per heavy atom. The van der Waals surface area contributed by atoms with Crippen molar-refractivity contribution < 1.29 is 29.0 Å². The normalized spacial score (nSPS) is 23.9. The Hall–Kier alpha value is -3.50. The second kappa shape index (κ2) is 10.8. The fourth-order valence-electron chi connectivity index (χ4n) is 6.54. The van der Waals surface area contributed by atoms with Gasteiger partial charge in [0.2, 0.25) is 6.41 Å². The number of amides is 2.